The third-order valence-electron chi connectivity index (χ3n) is 1.38. The molecular formula is C8H15SSi. The normalized spacial score (nSPS) is 9.50. The molecule has 0 amide bonds. The second kappa shape index (κ2) is 7.41. The van der Waals surface area contributed by atoms with E-state index < -0.39 is 0 Å². The molecule has 0 aliphatic rings. The highest BCUT2D eigenvalue weighted by molar-refractivity contribution is 8.02. The molecule has 3 radical (unpaired) electrons. The van der Waals surface area contributed by atoms with Crippen LogP contribution in [0.4, 0.5) is 0 Å². The Labute approximate surface area is 71.9 Å². The summed E-state index contributed by atoms with van der Waals surface area (Å²) in [5.41, 5.74) is 1.56. The van der Waals surface area contributed by atoms with Crippen LogP contribution in [0.1, 0.15) is 26.7 Å². The molecule has 0 N–H and O–H groups in total. The van der Waals surface area contributed by atoms with Crippen molar-refractivity contribution in [1.82, 2.24) is 0 Å². The molecule has 0 spiro atoms. The Balaban J connectivity index is 3.43. The zero-order valence-electron chi connectivity index (χ0n) is 6.81. The maximum Gasteiger partial charge on any atom is 0.0232 e. The first-order chi connectivity index (χ1) is 4.85. The highest BCUT2D eigenvalue weighted by atomic mass is 32.2. The average Bonchev–Trinajstić information content (AvgIpc) is 1.99. The fraction of sp³-hybridized carbons (Fsp3) is 0.750. The van der Waals surface area contributed by atoms with Crippen molar-refractivity contribution in [3.05, 3.63) is 11.0 Å². The molecule has 0 aromatic rings. The van der Waals surface area contributed by atoms with Crippen LogP contribution in [0.5, 0.6) is 0 Å². The lowest BCUT2D eigenvalue weighted by molar-refractivity contribution is 0.983. The van der Waals surface area contributed by atoms with Gasteiger partial charge in [0.15, 0.2) is 0 Å². The number of hydrogen-bond acceptors (Lipinski definition) is 1. The van der Waals surface area contributed by atoms with E-state index in [4.69, 9.17) is 0 Å². The molecule has 0 fully saturated rings. The lowest BCUT2D eigenvalue weighted by Crippen LogP contribution is -1.77. The van der Waals surface area contributed by atoms with Gasteiger partial charge in [0.05, 0.1) is 0 Å². The van der Waals surface area contributed by atoms with Crippen molar-refractivity contribution < 1.29 is 0 Å². The summed E-state index contributed by atoms with van der Waals surface area (Å²) in [5, 5.41) is 2.29. The highest BCUT2D eigenvalue weighted by Gasteiger charge is 1.88. The monoisotopic (exact) mass is 171 g/mol. The Bertz CT molecular complexity index is 93.4. The second-order valence-electron chi connectivity index (χ2n) is 2.10. The van der Waals surface area contributed by atoms with Gasteiger partial charge >= 0.3 is 0 Å². The molecule has 0 saturated carbocycles. The quantitative estimate of drug-likeness (QED) is 0.452. The minimum absolute atomic E-state index is 1.09. The van der Waals surface area contributed by atoms with Crippen molar-refractivity contribution in [1.29, 1.82) is 0 Å². The second-order valence-corrected chi connectivity index (χ2v) is 3.58. The molecule has 0 saturated heterocycles. The van der Waals surface area contributed by atoms with E-state index in [1.165, 1.54) is 18.6 Å². The molecule has 0 atom stereocenters. The summed E-state index contributed by atoms with van der Waals surface area (Å²) >= 11 is 1.90. The Kier molecular flexibility index (Phi) is 7.64. The van der Waals surface area contributed by atoms with E-state index in [2.05, 4.69) is 29.5 Å². The van der Waals surface area contributed by atoms with Gasteiger partial charge in [0, 0.05) is 10.2 Å². The van der Waals surface area contributed by atoms with Gasteiger partial charge in [-0.1, -0.05) is 25.5 Å². The van der Waals surface area contributed by atoms with Gasteiger partial charge < -0.3 is 0 Å². The first-order valence-electron chi connectivity index (χ1n) is 3.79. The molecule has 2 heteroatoms. The maximum absolute atomic E-state index is 3.44. The zero-order valence-corrected chi connectivity index (χ0v) is 8.63. The van der Waals surface area contributed by atoms with Crippen molar-refractivity contribution in [2.45, 2.75) is 32.7 Å². The summed E-state index contributed by atoms with van der Waals surface area (Å²) in [6, 6.07) is 1.09. The SMILES string of the molecule is CCC(=CSCC[Si])CC. The molecule has 0 aromatic carbocycles. The van der Waals surface area contributed by atoms with Crippen LogP contribution < -0.4 is 0 Å². The van der Waals surface area contributed by atoms with Crippen LogP contribution in [-0.4, -0.2) is 16.0 Å². The fourth-order valence-electron chi connectivity index (χ4n) is 0.652. The largest absolute Gasteiger partial charge is 0.135 e. The number of thioether (sulfide) groups is 1. The van der Waals surface area contributed by atoms with Crippen LogP contribution in [0.2, 0.25) is 6.04 Å². The van der Waals surface area contributed by atoms with Gasteiger partial charge in [-0.2, -0.15) is 0 Å². The Hall–Kier alpha value is 0.307. The summed E-state index contributed by atoms with van der Waals surface area (Å²) in [7, 11) is 3.44. The highest BCUT2D eigenvalue weighted by Crippen LogP contribution is 2.13. The van der Waals surface area contributed by atoms with Crippen LogP contribution in [-0.2, 0) is 0 Å². The molecule has 0 aliphatic carbocycles. The number of hydrogen-bond donors (Lipinski definition) is 0. The van der Waals surface area contributed by atoms with Gasteiger partial charge in [-0.15, -0.1) is 11.8 Å². The van der Waals surface area contributed by atoms with Crippen molar-refractivity contribution in [2.24, 2.45) is 0 Å². The van der Waals surface area contributed by atoms with Gasteiger partial charge in [-0.05, 0) is 24.0 Å². The van der Waals surface area contributed by atoms with Crippen molar-refractivity contribution in [3.8, 4) is 0 Å². The van der Waals surface area contributed by atoms with E-state index in [0.29, 0.717) is 0 Å². The first kappa shape index (κ1) is 10.3. The van der Waals surface area contributed by atoms with Gasteiger partial charge in [0.1, 0.15) is 0 Å². The fourth-order valence-corrected chi connectivity index (χ4v) is 1.81. The Morgan fingerprint density at radius 1 is 1.40 bits per heavy atom. The van der Waals surface area contributed by atoms with Crippen LogP contribution in [0.3, 0.4) is 0 Å². The van der Waals surface area contributed by atoms with Crippen LogP contribution in [0, 0.1) is 0 Å². The predicted octanol–water partition coefficient (Wildman–Crippen LogP) is 3.01. The van der Waals surface area contributed by atoms with Gasteiger partial charge in [-0.3, -0.25) is 0 Å². The molecule has 0 heterocycles. The summed E-state index contributed by atoms with van der Waals surface area (Å²) < 4.78 is 0. The molecule has 10 heavy (non-hydrogen) atoms. The van der Waals surface area contributed by atoms with Crippen LogP contribution >= 0.6 is 11.8 Å². The van der Waals surface area contributed by atoms with E-state index in [9.17, 15) is 0 Å². The van der Waals surface area contributed by atoms with E-state index in [-0.39, 0.29) is 0 Å². The topological polar surface area (TPSA) is 0 Å². The van der Waals surface area contributed by atoms with Gasteiger partial charge in [0.2, 0.25) is 0 Å². The van der Waals surface area contributed by atoms with Crippen LogP contribution in [0.25, 0.3) is 0 Å². The van der Waals surface area contributed by atoms with E-state index >= 15 is 0 Å². The van der Waals surface area contributed by atoms with Crippen molar-refractivity contribution in [3.63, 3.8) is 0 Å². The summed E-state index contributed by atoms with van der Waals surface area (Å²) in [4.78, 5) is 0. The minimum Gasteiger partial charge on any atom is -0.135 e. The standard InChI is InChI=1S/C8H15SSi/c1-3-8(4-2)7-9-5-6-10/h7H,3-6H2,1-2H3. The summed E-state index contributed by atoms with van der Waals surface area (Å²) in [5.74, 6) is 1.18. The van der Waals surface area contributed by atoms with E-state index in [0.717, 1.165) is 6.04 Å². The molecule has 0 bridgehead atoms. The van der Waals surface area contributed by atoms with E-state index in [1.807, 2.05) is 11.8 Å². The third kappa shape index (κ3) is 5.12. The minimum atomic E-state index is 1.09. The van der Waals surface area contributed by atoms with Crippen molar-refractivity contribution in [2.75, 3.05) is 5.75 Å². The molecule has 0 rings (SSSR count). The van der Waals surface area contributed by atoms with Gasteiger partial charge in [-0.25, -0.2) is 0 Å². The molecule has 0 aromatic heterocycles. The number of allylic oxidation sites excluding steroid dienone is 1. The average molecular weight is 171 g/mol. The maximum atomic E-state index is 3.44. The molecule has 0 nitrogen and oxygen atoms in total. The van der Waals surface area contributed by atoms with Gasteiger partial charge in [0.25, 0.3) is 0 Å². The predicted molar refractivity (Wildman–Crippen MR) is 51.7 cm³/mol. The summed E-state index contributed by atoms with van der Waals surface area (Å²) in [6.45, 7) is 4.42. The van der Waals surface area contributed by atoms with Crippen LogP contribution in [0.15, 0.2) is 11.0 Å². The zero-order chi connectivity index (χ0) is 7.82. The Morgan fingerprint density at radius 3 is 2.40 bits per heavy atom. The summed E-state index contributed by atoms with van der Waals surface area (Å²) in [6.07, 6.45) is 2.40. The number of rotatable bonds is 5. The van der Waals surface area contributed by atoms with E-state index in [1.54, 1.807) is 5.57 Å². The third-order valence-corrected chi connectivity index (χ3v) is 2.93. The lowest BCUT2D eigenvalue weighted by atomic mass is 10.2. The molecular weight excluding hydrogens is 156 g/mol. The molecule has 57 valence electrons. The lowest BCUT2D eigenvalue weighted by Gasteiger charge is -1.97. The smallest absolute Gasteiger partial charge is 0.0232 e. The molecule has 0 aliphatic heterocycles. The molecule has 0 unspecified atom stereocenters. The van der Waals surface area contributed by atoms with Crippen molar-refractivity contribution >= 4 is 22.0 Å². The Morgan fingerprint density at radius 2 is 2.00 bits per heavy atom. The first-order valence-corrected chi connectivity index (χ1v) is 5.54.